The first kappa shape index (κ1) is 14.5. The maximum atomic E-state index is 12.2. The molecule has 0 atom stereocenters. The van der Waals surface area contributed by atoms with E-state index >= 15 is 0 Å². The first-order chi connectivity index (χ1) is 8.59. The zero-order valence-corrected chi connectivity index (χ0v) is 10.8. The van der Waals surface area contributed by atoms with Crippen molar-refractivity contribution in [3.05, 3.63) is 0 Å². The lowest BCUT2D eigenvalue weighted by Crippen LogP contribution is -2.40. The molecule has 0 aromatic rings. The topological polar surface area (TPSA) is 79.6 Å². The van der Waals surface area contributed by atoms with Crippen LogP contribution in [0.15, 0.2) is 0 Å². The Morgan fingerprint density at radius 3 is 2.44 bits per heavy atom. The monoisotopic (exact) mass is 254 g/mol. The summed E-state index contributed by atoms with van der Waals surface area (Å²) in [6.45, 7) is 1.03. The Bertz CT molecular complexity index is 358. The molecule has 0 unspecified atom stereocenters. The average Bonchev–Trinajstić information content (AvgIpc) is 3.18. The second-order valence-corrected chi connectivity index (χ2v) is 4.31. The fourth-order valence-electron chi connectivity index (χ4n) is 1.65. The summed E-state index contributed by atoms with van der Waals surface area (Å²) in [4.78, 5) is 24.8. The second-order valence-electron chi connectivity index (χ2n) is 4.31. The Morgan fingerprint density at radius 2 is 2.00 bits per heavy atom. The number of carbonyl (C=O) groups excluding carboxylic acids is 2. The van der Waals surface area contributed by atoms with Crippen molar-refractivity contribution in [2.24, 2.45) is 5.41 Å². The number of esters is 1. The molecule has 6 heteroatoms. The van der Waals surface area contributed by atoms with Gasteiger partial charge in [-0.25, -0.2) is 0 Å². The van der Waals surface area contributed by atoms with Gasteiger partial charge in [0.05, 0.1) is 26.2 Å². The summed E-state index contributed by atoms with van der Waals surface area (Å²) in [7, 11) is 2.85. The van der Waals surface area contributed by atoms with Gasteiger partial charge in [-0.3, -0.25) is 9.59 Å². The van der Waals surface area contributed by atoms with Gasteiger partial charge in [0.25, 0.3) is 0 Å². The molecule has 0 spiro atoms. The largest absolute Gasteiger partial charge is 0.469 e. The predicted octanol–water partition coefficient (Wildman–Crippen LogP) is 0.328. The van der Waals surface area contributed by atoms with Crippen molar-refractivity contribution in [3.63, 3.8) is 0 Å². The van der Waals surface area contributed by atoms with Crippen LogP contribution in [0.1, 0.15) is 19.3 Å². The highest BCUT2D eigenvalue weighted by atomic mass is 16.5. The van der Waals surface area contributed by atoms with Crippen LogP contribution < -0.4 is 0 Å². The molecule has 1 aliphatic carbocycles. The molecule has 100 valence electrons. The normalized spacial score (nSPS) is 15.6. The number of nitrogens with zero attached hydrogens (tertiary/aromatic N) is 2. The average molecular weight is 254 g/mol. The number of methoxy groups -OCH3 is 2. The van der Waals surface area contributed by atoms with E-state index in [0.29, 0.717) is 26.0 Å². The minimum Gasteiger partial charge on any atom is -0.469 e. The molecule has 1 amide bonds. The van der Waals surface area contributed by atoms with Crippen molar-refractivity contribution >= 4 is 11.9 Å². The van der Waals surface area contributed by atoms with Crippen LogP contribution in [0.25, 0.3) is 0 Å². The van der Waals surface area contributed by atoms with Gasteiger partial charge in [0.15, 0.2) is 0 Å². The number of amides is 1. The molecule has 0 radical (unpaired) electrons. The lowest BCUT2D eigenvalue weighted by molar-refractivity contribution is -0.142. The Balaban J connectivity index is 2.58. The van der Waals surface area contributed by atoms with Gasteiger partial charge in [-0.2, -0.15) is 5.26 Å². The molecule has 0 saturated heterocycles. The number of hydrogen-bond acceptors (Lipinski definition) is 5. The van der Waals surface area contributed by atoms with Crippen molar-refractivity contribution in [2.45, 2.75) is 19.3 Å². The molecule has 1 saturated carbocycles. The minimum absolute atomic E-state index is 0.132. The number of nitriles is 1. The van der Waals surface area contributed by atoms with Gasteiger partial charge in [0.1, 0.15) is 5.41 Å². The Morgan fingerprint density at radius 1 is 1.33 bits per heavy atom. The maximum Gasteiger partial charge on any atom is 0.307 e. The third-order valence-corrected chi connectivity index (χ3v) is 3.04. The number of rotatable bonds is 7. The van der Waals surface area contributed by atoms with E-state index < -0.39 is 5.41 Å². The summed E-state index contributed by atoms with van der Waals surface area (Å²) >= 11 is 0. The van der Waals surface area contributed by atoms with Crippen molar-refractivity contribution in [1.82, 2.24) is 4.90 Å². The quantitative estimate of drug-likeness (QED) is 0.612. The van der Waals surface area contributed by atoms with Gasteiger partial charge in [0.2, 0.25) is 5.91 Å². The summed E-state index contributed by atoms with van der Waals surface area (Å²) in [5.41, 5.74) is -0.857. The van der Waals surface area contributed by atoms with Crippen LogP contribution in [0.5, 0.6) is 0 Å². The van der Waals surface area contributed by atoms with E-state index in [0.717, 1.165) is 0 Å². The molecule has 0 aliphatic heterocycles. The van der Waals surface area contributed by atoms with E-state index in [4.69, 9.17) is 10.00 Å². The molecule has 0 bridgehead atoms. The van der Waals surface area contributed by atoms with Gasteiger partial charge >= 0.3 is 5.97 Å². The van der Waals surface area contributed by atoms with Crippen LogP contribution in [0.4, 0.5) is 0 Å². The Kier molecular flexibility index (Phi) is 5.10. The summed E-state index contributed by atoms with van der Waals surface area (Å²) in [5.74, 6) is -0.571. The van der Waals surface area contributed by atoms with Crippen molar-refractivity contribution in [2.75, 3.05) is 33.9 Å². The van der Waals surface area contributed by atoms with E-state index in [2.05, 4.69) is 10.8 Å². The van der Waals surface area contributed by atoms with Crippen LogP contribution in [-0.2, 0) is 19.1 Å². The van der Waals surface area contributed by atoms with Crippen LogP contribution in [-0.4, -0.2) is 50.7 Å². The summed E-state index contributed by atoms with van der Waals surface area (Å²) < 4.78 is 9.47. The molecule has 0 aromatic heterocycles. The number of ether oxygens (including phenoxy) is 2. The van der Waals surface area contributed by atoms with E-state index in [1.54, 1.807) is 7.11 Å². The summed E-state index contributed by atoms with van der Waals surface area (Å²) in [6, 6.07) is 2.06. The second kappa shape index (κ2) is 6.36. The van der Waals surface area contributed by atoms with E-state index in [1.165, 1.54) is 12.0 Å². The molecular formula is C12H18N2O4. The van der Waals surface area contributed by atoms with E-state index in [1.807, 2.05) is 0 Å². The molecule has 1 rings (SSSR count). The standard InChI is InChI=1S/C12H18N2O4/c1-17-8-7-14(6-3-10(15)18-2)11(16)12(9-13)4-5-12/h3-8H2,1-2H3. The lowest BCUT2D eigenvalue weighted by Gasteiger charge is -2.24. The molecule has 1 fully saturated rings. The van der Waals surface area contributed by atoms with Gasteiger partial charge in [-0.1, -0.05) is 0 Å². The fraction of sp³-hybridized carbons (Fsp3) is 0.750. The highest BCUT2D eigenvalue weighted by Crippen LogP contribution is 2.46. The highest BCUT2D eigenvalue weighted by Gasteiger charge is 2.52. The molecule has 0 heterocycles. The van der Waals surface area contributed by atoms with Crippen molar-refractivity contribution in [3.8, 4) is 6.07 Å². The Labute approximate surface area is 106 Å². The van der Waals surface area contributed by atoms with Gasteiger partial charge < -0.3 is 14.4 Å². The fourth-order valence-corrected chi connectivity index (χ4v) is 1.65. The predicted molar refractivity (Wildman–Crippen MR) is 62.4 cm³/mol. The summed E-state index contributed by atoms with van der Waals surface area (Å²) in [6.07, 6.45) is 1.33. The molecule has 0 aromatic carbocycles. The Hall–Kier alpha value is -1.61. The number of hydrogen-bond donors (Lipinski definition) is 0. The molecular weight excluding hydrogens is 236 g/mol. The number of carbonyl (C=O) groups is 2. The van der Waals surface area contributed by atoms with Crippen molar-refractivity contribution in [1.29, 1.82) is 5.26 Å². The lowest BCUT2D eigenvalue weighted by atomic mass is 10.1. The molecule has 6 nitrogen and oxygen atoms in total. The summed E-state index contributed by atoms with van der Waals surface area (Å²) in [5, 5.41) is 9.00. The molecule has 1 aliphatic rings. The van der Waals surface area contributed by atoms with Crippen LogP contribution in [0.2, 0.25) is 0 Å². The van der Waals surface area contributed by atoms with Gasteiger partial charge in [-0.15, -0.1) is 0 Å². The smallest absolute Gasteiger partial charge is 0.307 e. The molecule has 18 heavy (non-hydrogen) atoms. The third kappa shape index (κ3) is 3.44. The van der Waals surface area contributed by atoms with Gasteiger partial charge in [0, 0.05) is 20.2 Å². The van der Waals surface area contributed by atoms with E-state index in [9.17, 15) is 9.59 Å². The third-order valence-electron chi connectivity index (χ3n) is 3.04. The van der Waals surface area contributed by atoms with Crippen molar-refractivity contribution < 1.29 is 19.1 Å². The zero-order chi connectivity index (χ0) is 13.6. The first-order valence-electron chi connectivity index (χ1n) is 5.86. The van der Waals surface area contributed by atoms with Gasteiger partial charge in [-0.05, 0) is 12.8 Å². The van der Waals surface area contributed by atoms with E-state index in [-0.39, 0.29) is 24.8 Å². The van der Waals surface area contributed by atoms with Crippen LogP contribution >= 0.6 is 0 Å². The highest BCUT2D eigenvalue weighted by molar-refractivity contribution is 5.88. The van der Waals surface area contributed by atoms with Crippen LogP contribution in [0.3, 0.4) is 0 Å². The molecule has 0 N–H and O–H groups in total. The first-order valence-corrected chi connectivity index (χ1v) is 5.86. The zero-order valence-electron chi connectivity index (χ0n) is 10.8. The maximum absolute atomic E-state index is 12.2. The van der Waals surface area contributed by atoms with Crippen LogP contribution in [0, 0.1) is 16.7 Å². The SMILES string of the molecule is COCCN(CCC(=O)OC)C(=O)C1(C#N)CC1. The minimum atomic E-state index is -0.857.